The molecule has 1 aliphatic heterocycles. The van der Waals surface area contributed by atoms with Crippen LogP contribution in [0.3, 0.4) is 0 Å². The van der Waals surface area contributed by atoms with Crippen molar-refractivity contribution in [3.8, 4) is 0 Å². The highest BCUT2D eigenvalue weighted by atomic mass is 35.5. The summed E-state index contributed by atoms with van der Waals surface area (Å²) >= 11 is 7.89. The lowest BCUT2D eigenvalue weighted by Crippen LogP contribution is -2.45. The fourth-order valence-electron chi connectivity index (χ4n) is 2.46. The summed E-state index contributed by atoms with van der Waals surface area (Å²) in [6, 6.07) is 12.5. The third-order valence-corrected chi connectivity index (χ3v) is 4.60. The minimum atomic E-state index is 0.818. The van der Waals surface area contributed by atoms with Crippen molar-refractivity contribution in [1.29, 1.82) is 0 Å². The summed E-state index contributed by atoms with van der Waals surface area (Å²) in [5.41, 5.74) is 1.24. The van der Waals surface area contributed by atoms with E-state index < -0.39 is 0 Å². The summed E-state index contributed by atoms with van der Waals surface area (Å²) in [6.07, 6.45) is 0. The summed E-state index contributed by atoms with van der Waals surface area (Å²) < 4.78 is 0. The molecule has 2 nitrogen and oxygen atoms in total. The monoisotopic (exact) mass is 292 g/mol. The number of hydrogen-bond acceptors (Lipinski definition) is 3. The van der Waals surface area contributed by atoms with Crippen LogP contribution in [0.1, 0.15) is 4.88 Å². The zero-order valence-electron chi connectivity index (χ0n) is 10.8. The Hall–Kier alpha value is -1.03. The van der Waals surface area contributed by atoms with Crippen LogP contribution in [0.5, 0.6) is 0 Å². The van der Waals surface area contributed by atoms with Gasteiger partial charge in [0.1, 0.15) is 0 Å². The van der Waals surface area contributed by atoms with Crippen LogP contribution in [-0.2, 0) is 6.54 Å². The molecule has 0 aliphatic carbocycles. The number of halogens is 1. The smallest absolute Gasteiger partial charge is 0.0426 e. The molecule has 2 heterocycles. The Labute approximate surface area is 123 Å². The summed E-state index contributed by atoms with van der Waals surface area (Å²) in [5.74, 6) is 0. The summed E-state index contributed by atoms with van der Waals surface area (Å²) in [4.78, 5) is 6.39. The summed E-state index contributed by atoms with van der Waals surface area (Å²) in [6.45, 7) is 5.47. The maximum Gasteiger partial charge on any atom is 0.0426 e. The Balaban J connectivity index is 1.57. The molecule has 0 bridgehead atoms. The maximum absolute atomic E-state index is 6.05. The molecule has 19 heavy (non-hydrogen) atoms. The maximum atomic E-state index is 6.05. The van der Waals surface area contributed by atoms with Gasteiger partial charge in [0, 0.05) is 48.3 Å². The van der Waals surface area contributed by atoms with Gasteiger partial charge in [0.05, 0.1) is 0 Å². The minimum absolute atomic E-state index is 0.818. The van der Waals surface area contributed by atoms with E-state index in [1.807, 2.05) is 23.5 Å². The van der Waals surface area contributed by atoms with Gasteiger partial charge in [-0.25, -0.2) is 0 Å². The number of rotatable bonds is 3. The summed E-state index contributed by atoms with van der Waals surface area (Å²) in [5, 5.41) is 2.97. The van der Waals surface area contributed by atoms with Crippen LogP contribution in [0.2, 0.25) is 5.02 Å². The standard InChI is InChI=1S/C15H17ClN2S/c16-13-3-1-4-14(11-13)18-8-6-17(7-9-18)12-15-5-2-10-19-15/h1-5,10-11H,6-9,12H2. The van der Waals surface area contributed by atoms with E-state index in [1.165, 1.54) is 10.6 Å². The second kappa shape index (κ2) is 5.95. The lowest BCUT2D eigenvalue weighted by atomic mass is 10.2. The second-order valence-electron chi connectivity index (χ2n) is 4.82. The SMILES string of the molecule is Clc1cccc(N2CCN(Cc3cccs3)CC2)c1. The van der Waals surface area contributed by atoms with Crippen LogP contribution in [-0.4, -0.2) is 31.1 Å². The van der Waals surface area contributed by atoms with Crippen LogP contribution in [0.25, 0.3) is 0 Å². The number of thiophene rings is 1. The molecule has 0 N–H and O–H groups in total. The first-order chi connectivity index (χ1) is 9.31. The van der Waals surface area contributed by atoms with Gasteiger partial charge in [-0.15, -0.1) is 11.3 Å². The van der Waals surface area contributed by atoms with Crippen molar-refractivity contribution in [2.24, 2.45) is 0 Å². The topological polar surface area (TPSA) is 6.48 Å². The zero-order valence-corrected chi connectivity index (χ0v) is 12.3. The average Bonchev–Trinajstić information content (AvgIpc) is 2.92. The van der Waals surface area contributed by atoms with Crippen molar-refractivity contribution >= 4 is 28.6 Å². The molecule has 1 fully saturated rings. The first-order valence-electron chi connectivity index (χ1n) is 6.56. The van der Waals surface area contributed by atoms with E-state index >= 15 is 0 Å². The van der Waals surface area contributed by atoms with Crippen molar-refractivity contribution in [2.45, 2.75) is 6.54 Å². The van der Waals surface area contributed by atoms with Gasteiger partial charge in [-0.3, -0.25) is 4.90 Å². The molecule has 2 aromatic rings. The second-order valence-corrected chi connectivity index (χ2v) is 6.29. The lowest BCUT2D eigenvalue weighted by Gasteiger charge is -2.36. The molecule has 1 aromatic carbocycles. The number of benzene rings is 1. The molecule has 1 aromatic heterocycles. The van der Waals surface area contributed by atoms with Crippen molar-refractivity contribution in [1.82, 2.24) is 4.90 Å². The Morgan fingerprint density at radius 1 is 1.05 bits per heavy atom. The van der Waals surface area contributed by atoms with E-state index in [0.29, 0.717) is 0 Å². The molecule has 4 heteroatoms. The largest absolute Gasteiger partial charge is 0.369 e. The van der Waals surface area contributed by atoms with Crippen LogP contribution >= 0.6 is 22.9 Å². The van der Waals surface area contributed by atoms with Crippen LogP contribution in [0, 0.1) is 0 Å². The lowest BCUT2D eigenvalue weighted by molar-refractivity contribution is 0.252. The fourth-order valence-corrected chi connectivity index (χ4v) is 3.39. The molecule has 1 aliphatic rings. The van der Waals surface area contributed by atoms with Crippen molar-refractivity contribution in [3.05, 3.63) is 51.7 Å². The van der Waals surface area contributed by atoms with Gasteiger partial charge in [-0.2, -0.15) is 0 Å². The molecule has 0 radical (unpaired) electrons. The first kappa shape index (κ1) is 13.0. The van der Waals surface area contributed by atoms with Gasteiger partial charge in [0.2, 0.25) is 0 Å². The van der Waals surface area contributed by atoms with Crippen molar-refractivity contribution < 1.29 is 0 Å². The minimum Gasteiger partial charge on any atom is -0.369 e. The number of hydrogen-bond donors (Lipinski definition) is 0. The van der Waals surface area contributed by atoms with Gasteiger partial charge >= 0.3 is 0 Å². The predicted octanol–water partition coefficient (Wildman–Crippen LogP) is 3.72. The molecule has 0 unspecified atom stereocenters. The van der Waals surface area contributed by atoms with E-state index in [-0.39, 0.29) is 0 Å². The third kappa shape index (κ3) is 3.30. The van der Waals surface area contributed by atoms with E-state index in [4.69, 9.17) is 11.6 Å². The van der Waals surface area contributed by atoms with E-state index in [1.54, 1.807) is 0 Å². The van der Waals surface area contributed by atoms with Crippen molar-refractivity contribution in [2.75, 3.05) is 31.1 Å². The summed E-state index contributed by atoms with van der Waals surface area (Å²) in [7, 11) is 0. The van der Waals surface area contributed by atoms with Gasteiger partial charge in [-0.1, -0.05) is 23.7 Å². The number of nitrogens with zero attached hydrogens (tertiary/aromatic N) is 2. The molecule has 1 saturated heterocycles. The van der Waals surface area contributed by atoms with Crippen molar-refractivity contribution in [3.63, 3.8) is 0 Å². The zero-order chi connectivity index (χ0) is 13.1. The van der Waals surface area contributed by atoms with Gasteiger partial charge in [-0.05, 0) is 29.6 Å². The highest BCUT2D eigenvalue weighted by molar-refractivity contribution is 7.09. The predicted molar refractivity (Wildman–Crippen MR) is 83.3 cm³/mol. The van der Waals surface area contributed by atoms with Crippen LogP contribution in [0.15, 0.2) is 41.8 Å². The van der Waals surface area contributed by atoms with Gasteiger partial charge in [0.15, 0.2) is 0 Å². The van der Waals surface area contributed by atoms with Gasteiger partial charge < -0.3 is 4.90 Å². The van der Waals surface area contributed by atoms with E-state index in [9.17, 15) is 0 Å². The van der Waals surface area contributed by atoms with E-state index in [2.05, 4.69) is 39.4 Å². The molecule has 0 atom stereocenters. The molecule has 100 valence electrons. The molecule has 0 saturated carbocycles. The highest BCUT2D eigenvalue weighted by Crippen LogP contribution is 2.21. The molecular formula is C15H17ClN2S. The number of piperazine rings is 1. The Morgan fingerprint density at radius 3 is 2.58 bits per heavy atom. The first-order valence-corrected chi connectivity index (χ1v) is 7.82. The molecule has 0 amide bonds. The van der Waals surface area contributed by atoms with E-state index in [0.717, 1.165) is 37.7 Å². The van der Waals surface area contributed by atoms with Crippen LogP contribution in [0.4, 0.5) is 5.69 Å². The van der Waals surface area contributed by atoms with Gasteiger partial charge in [0.25, 0.3) is 0 Å². The Morgan fingerprint density at radius 2 is 1.89 bits per heavy atom. The number of anilines is 1. The highest BCUT2D eigenvalue weighted by Gasteiger charge is 2.17. The Bertz CT molecular complexity index is 519. The fraction of sp³-hybridized carbons (Fsp3) is 0.333. The molecule has 3 rings (SSSR count). The average molecular weight is 293 g/mol. The Kier molecular flexibility index (Phi) is 4.06. The normalized spacial score (nSPS) is 16.8. The molecular weight excluding hydrogens is 276 g/mol. The third-order valence-electron chi connectivity index (χ3n) is 3.51. The quantitative estimate of drug-likeness (QED) is 0.851. The molecule has 0 spiro atoms. The van der Waals surface area contributed by atoms with Crippen LogP contribution < -0.4 is 4.90 Å².